The Morgan fingerprint density at radius 3 is 2.00 bits per heavy atom. The molecule has 0 spiro atoms. The van der Waals surface area contributed by atoms with Crippen molar-refractivity contribution < 1.29 is 0 Å². The Balaban J connectivity index is 2.00. The van der Waals surface area contributed by atoms with E-state index in [0.717, 1.165) is 0 Å². The maximum absolute atomic E-state index is 2.42. The van der Waals surface area contributed by atoms with Crippen molar-refractivity contribution in [3.63, 3.8) is 0 Å². The van der Waals surface area contributed by atoms with E-state index < -0.39 is 0 Å². The molecule has 0 N–H and O–H groups in total. The Morgan fingerprint density at radius 1 is 0.667 bits per heavy atom. The third-order valence-corrected chi connectivity index (χ3v) is 3.45. The lowest BCUT2D eigenvalue weighted by atomic mass is 10.1. The van der Waals surface area contributed by atoms with Crippen LogP contribution in [0.3, 0.4) is 0 Å². The fourth-order valence-corrected chi connectivity index (χ4v) is 2.51. The summed E-state index contributed by atoms with van der Waals surface area (Å²) in [4.78, 5) is 0. The Morgan fingerprint density at radius 2 is 1.25 bits per heavy atom. The van der Waals surface area contributed by atoms with Crippen LogP contribution < -0.4 is 0 Å². The molecule has 0 aliphatic carbocycles. The molecule has 0 unspecified atom stereocenters. The normalized spacial score (nSPS) is 24.0. The van der Waals surface area contributed by atoms with Gasteiger partial charge in [-0.25, -0.2) is 0 Å². The first-order valence-electron chi connectivity index (χ1n) is 5.43. The highest BCUT2D eigenvalue weighted by molar-refractivity contribution is 8.01. The van der Waals surface area contributed by atoms with Gasteiger partial charge in [0.1, 0.15) is 0 Å². The monoisotopic (exact) mass is 185 g/mol. The molecule has 1 fully saturated rings. The zero-order chi connectivity index (χ0) is 8.49. The minimum absolute atomic E-state index is 1.34. The third kappa shape index (κ3) is 5.93. The maximum atomic E-state index is 2.42. The molecule has 1 aliphatic rings. The van der Waals surface area contributed by atoms with Crippen molar-refractivity contribution in [3.8, 4) is 0 Å². The molecule has 0 amide bonds. The van der Waals surface area contributed by atoms with Crippen molar-refractivity contribution in [2.24, 2.45) is 0 Å². The fraction of sp³-hybridized carbons (Fsp3) is 0.909. The van der Waals surface area contributed by atoms with Crippen LogP contribution in [0.25, 0.3) is 0 Å². The predicted octanol–water partition coefficient (Wildman–Crippen LogP) is 4.41. The average molecular weight is 185 g/mol. The molecule has 1 heteroatoms. The summed E-state index contributed by atoms with van der Waals surface area (Å²) in [5.41, 5.74) is 0. The van der Waals surface area contributed by atoms with Crippen LogP contribution in [0, 0.1) is 5.75 Å². The molecule has 0 bridgehead atoms. The minimum Gasteiger partial charge on any atom is -0.157 e. The molecule has 0 aromatic rings. The third-order valence-electron chi connectivity index (χ3n) is 2.45. The van der Waals surface area contributed by atoms with Crippen LogP contribution in [0.2, 0.25) is 0 Å². The van der Waals surface area contributed by atoms with Crippen molar-refractivity contribution in [1.82, 2.24) is 0 Å². The SMILES string of the molecule is [CH]1CCCCCCCCCCS1. The van der Waals surface area contributed by atoms with E-state index in [1.807, 2.05) is 11.8 Å². The van der Waals surface area contributed by atoms with E-state index in [1.54, 1.807) is 0 Å². The lowest BCUT2D eigenvalue weighted by Crippen LogP contribution is -1.86. The number of thioether (sulfide) groups is 1. The minimum atomic E-state index is 1.34. The molecular formula is C11H21S. The van der Waals surface area contributed by atoms with E-state index in [0.29, 0.717) is 0 Å². The van der Waals surface area contributed by atoms with Gasteiger partial charge in [0, 0.05) is 5.75 Å². The first-order chi connectivity index (χ1) is 6.00. The summed E-state index contributed by atoms with van der Waals surface area (Å²) in [6.07, 6.45) is 13.0. The second kappa shape index (κ2) is 7.97. The molecule has 12 heavy (non-hydrogen) atoms. The van der Waals surface area contributed by atoms with Gasteiger partial charge in [-0.15, -0.1) is 0 Å². The lowest BCUT2D eigenvalue weighted by molar-refractivity contribution is 0.575. The second-order valence-electron chi connectivity index (χ2n) is 3.65. The molecule has 0 atom stereocenters. The van der Waals surface area contributed by atoms with Crippen LogP contribution in [-0.2, 0) is 0 Å². The molecule has 71 valence electrons. The van der Waals surface area contributed by atoms with Gasteiger partial charge in [0.05, 0.1) is 0 Å². The van der Waals surface area contributed by atoms with Gasteiger partial charge in [-0.05, 0) is 18.6 Å². The Bertz CT molecular complexity index is 48.0. The highest BCUT2D eigenvalue weighted by atomic mass is 32.2. The molecule has 1 rings (SSSR count). The van der Waals surface area contributed by atoms with Crippen molar-refractivity contribution in [3.05, 3.63) is 5.75 Å². The fourth-order valence-electron chi connectivity index (χ4n) is 1.64. The molecule has 0 aromatic carbocycles. The molecule has 1 aliphatic heterocycles. The summed E-state index contributed by atoms with van der Waals surface area (Å²) < 4.78 is 0. The van der Waals surface area contributed by atoms with Crippen LogP contribution in [-0.4, -0.2) is 5.75 Å². The zero-order valence-electron chi connectivity index (χ0n) is 8.06. The quantitative estimate of drug-likeness (QED) is 0.539. The largest absolute Gasteiger partial charge is 0.157 e. The highest BCUT2D eigenvalue weighted by Gasteiger charge is 1.96. The van der Waals surface area contributed by atoms with Gasteiger partial charge in [-0.3, -0.25) is 0 Å². The smallest absolute Gasteiger partial charge is 0.0166 e. The van der Waals surface area contributed by atoms with Gasteiger partial charge in [-0.1, -0.05) is 44.9 Å². The zero-order valence-corrected chi connectivity index (χ0v) is 8.87. The summed E-state index contributed by atoms with van der Waals surface area (Å²) in [6.45, 7) is 0. The highest BCUT2D eigenvalue weighted by Crippen LogP contribution is 2.18. The van der Waals surface area contributed by atoms with E-state index in [2.05, 4.69) is 5.75 Å². The van der Waals surface area contributed by atoms with Crippen LogP contribution in [0.5, 0.6) is 0 Å². The molecule has 0 nitrogen and oxygen atoms in total. The standard InChI is InChI=1S/C11H21S/c1-2-4-6-8-10-12-11-9-7-5-3-1/h10H,1-9,11H2. The topological polar surface area (TPSA) is 0 Å². The second-order valence-corrected chi connectivity index (χ2v) is 4.73. The summed E-state index contributed by atoms with van der Waals surface area (Å²) in [7, 11) is 0. The van der Waals surface area contributed by atoms with Gasteiger partial charge in [0.2, 0.25) is 0 Å². The molecule has 0 aromatic heterocycles. The lowest BCUT2D eigenvalue weighted by Gasteiger charge is -2.05. The number of hydrogen-bond donors (Lipinski definition) is 0. The van der Waals surface area contributed by atoms with Gasteiger partial charge >= 0.3 is 0 Å². The van der Waals surface area contributed by atoms with E-state index in [4.69, 9.17) is 0 Å². The first-order valence-corrected chi connectivity index (χ1v) is 6.48. The van der Waals surface area contributed by atoms with Gasteiger partial charge in [0.15, 0.2) is 0 Å². The summed E-state index contributed by atoms with van der Waals surface area (Å²) >= 11 is 2.04. The molecule has 0 saturated carbocycles. The van der Waals surface area contributed by atoms with E-state index >= 15 is 0 Å². The average Bonchev–Trinajstić information content (AvgIpc) is 2.05. The Labute approximate surface area is 81.5 Å². The van der Waals surface area contributed by atoms with E-state index in [1.165, 1.54) is 63.5 Å². The van der Waals surface area contributed by atoms with Crippen molar-refractivity contribution in [1.29, 1.82) is 0 Å². The first kappa shape index (κ1) is 10.4. The van der Waals surface area contributed by atoms with Gasteiger partial charge in [-0.2, -0.15) is 11.8 Å². The molecule has 1 saturated heterocycles. The number of hydrogen-bond acceptors (Lipinski definition) is 1. The predicted molar refractivity (Wildman–Crippen MR) is 58.3 cm³/mol. The van der Waals surface area contributed by atoms with Crippen LogP contribution >= 0.6 is 11.8 Å². The summed E-state index contributed by atoms with van der Waals surface area (Å²) in [5.74, 6) is 3.78. The van der Waals surface area contributed by atoms with Crippen molar-refractivity contribution in [2.75, 3.05) is 5.75 Å². The van der Waals surface area contributed by atoms with Crippen molar-refractivity contribution >= 4 is 11.8 Å². The van der Waals surface area contributed by atoms with Crippen LogP contribution in [0.15, 0.2) is 0 Å². The van der Waals surface area contributed by atoms with E-state index in [9.17, 15) is 0 Å². The van der Waals surface area contributed by atoms with Crippen molar-refractivity contribution in [2.45, 2.75) is 57.8 Å². The number of rotatable bonds is 0. The molecule has 1 radical (unpaired) electrons. The summed E-state index contributed by atoms with van der Waals surface area (Å²) in [6, 6.07) is 0. The van der Waals surface area contributed by atoms with Crippen LogP contribution in [0.4, 0.5) is 0 Å². The molecular weight excluding hydrogens is 164 g/mol. The Kier molecular flexibility index (Phi) is 6.93. The maximum Gasteiger partial charge on any atom is 0.0166 e. The van der Waals surface area contributed by atoms with Gasteiger partial charge < -0.3 is 0 Å². The summed E-state index contributed by atoms with van der Waals surface area (Å²) in [5, 5.41) is 0. The van der Waals surface area contributed by atoms with Crippen LogP contribution in [0.1, 0.15) is 57.8 Å². The molecule has 1 heterocycles. The van der Waals surface area contributed by atoms with E-state index in [-0.39, 0.29) is 0 Å². The van der Waals surface area contributed by atoms with Gasteiger partial charge in [0.25, 0.3) is 0 Å². The Hall–Kier alpha value is 0.350.